The van der Waals surface area contributed by atoms with Gasteiger partial charge in [0.25, 0.3) is 0 Å². The fraction of sp³-hybridized carbons (Fsp3) is 0.455. The highest BCUT2D eigenvalue weighted by Gasteiger charge is 2.25. The van der Waals surface area contributed by atoms with Gasteiger partial charge in [0.2, 0.25) is 0 Å². The van der Waals surface area contributed by atoms with Crippen molar-refractivity contribution in [2.24, 2.45) is 0 Å². The monoisotopic (exact) mass is 261 g/mol. The second-order valence-corrected chi connectivity index (χ2v) is 4.55. The number of hydrogen-bond donors (Lipinski definition) is 2. The van der Waals surface area contributed by atoms with E-state index in [0.29, 0.717) is 16.5 Å². The zero-order valence-electron chi connectivity index (χ0n) is 8.62. The van der Waals surface area contributed by atoms with E-state index in [1.807, 2.05) is 6.07 Å². The first-order chi connectivity index (χ1) is 7.70. The van der Waals surface area contributed by atoms with Gasteiger partial charge in [-0.15, -0.1) is 0 Å². The Labute approximate surface area is 104 Å². The van der Waals surface area contributed by atoms with E-state index in [0.717, 1.165) is 12.1 Å². The molecule has 16 heavy (non-hydrogen) atoms. The predicted octanol–water partition coefficient (Wildman–Crippen LogP) is 2.36. The lowest BCUT2D eigenvalue weighted by Crippen LogP contribution is -2.16. The van der Waals surface area contributed by atoms with E-state index in [1.54, 1.807) is 12.1 Å². The molecule has 1 aliphatic heterocycles. The van der Waals surface area contributed by atoms with Crippen molar-refractivity contribution in [3.63, 3.8) is 0 Å². The largest absolute Gasteiger partial charge is 0.396 e. The maximum Gasteiger partial charge on any atom is 0.134 e. The molecule has 0 aliphatic carbocycles. The van der Waals surface area contributed by atoms with Crippen molar-refractivity contribution in [3.8, 4) is 0 Å². The summed E-state index contributed by atoms with van der Waals surface area (Å²) < 4.78 is 5.71. The predicted molar refractivity (Wildman–Crippen MR) is 63.8 cm³/mol. The fourth-order valence-corrected chi connectivity index (χ4v) is 2.02. The zero-order chi connectivity index (χ0) is 11.5. The fourth-order valence-electron chi connectivity index (χ4n) is 1.71. The third kappa shape index (κ3) is 2.67. The van der Waals surface area contributed by atoms with Crippen LogP contribution >= 0.6 is 23.2 Å². The molecule has 1 aromatic carbocycles. The Bertz CT molecular complexity index is 373. The summed E-state index contributed by atoms with van der Waals surface area (Å²) >= 11 is 11.8. The number of rotatable bonds is 3. The zero-order valence-corrected chi connectivity index (χ0v) is 10.1. The second kappa shape index (κ2) is 5.34. The highest BCUT2D eigenvalue weighted by atomic mass is 35.5. The molecule has 1 unspecified atom stereocenters. The number of benzene rings is 1. The van der Waals surface area contributed by atoms with E-state index in [-0.39, 0.29) is 18.9 Å². The first-order valence-electron chi connectivity index (χ1n) is 5.15. The van der Waals surface area contributed by atoms with Crippen molar-refractivity contribution < 1.29 is 9.84 Å². The molecule has 3 nitrogen and oxygen atoms in total. The van der Waals surface area contributed by atoms with Crippen LogP contribution in [-0.2, 0) is 4.74 Å². The lowest BCUT2D eigenvalue weighted by atomic mass is 10.2. The van der Waals surface area contributed by atoms with Crippen molar-refractivity contribution in [2.45, 2.75) is 18.8 Å². The van der Waals surface area contributed by atoms with E-state index < -0.39 is 0 Å². The van der Waals surface area contributed by atoms with Crippen molar-refractivity contribution in [2.75, 3.05) is 13.2 Å². The number of aliphatic hydroxyl groups is 1. The summed E-state index contributed by atoms with van der Waals surface area (Å²) in [7, 11) is 0. The molecule has 0 aromatic heterocycles. The standard InChI is InChI=1S/C11H13Cl2NO2/c12-9-2-1-7(5-10(9)13)11-14-6-8(16-11)3-4-15/h1-2,5,8,11,14-15H,3-4,6H2/t8-,11?/m1/s1. The van der Waals surface area contributed by atoms with Gasteiger partial charge in [-0.2, -0.15) is 0 Å². The van der Waals surface area contributed by atoms with E-state index in [4.69, 9.17) is 33.0 Å². The van der Waals surface area contributed by atoms with Crippen LogP contribution in [0.15, 0.2) is 18.2 Å². The Kier molecular flexibility index (Phi) is 4.05. The van der Waals surface area contributed by atoms with Gasteiger partial charge in [-0.05, 0) is 24.1 Å². The van der Waals surface area contributed by atoms with Crippen molar-refractivity contribution >= 4 is 23.2 Å². The van der Waals surface area contributed by atoms with E-state index in [1.165, 1.54) is 0 Å². The van der Waals surface area contributed by atoms with E-state index >= 15 is 0 Å². The number of halogens is 2. The van der Waals surface area contributed by atoms with Crippen LogP contribution in [0.2, 0.25) is 10.0 Å². The number of aliphatic hydroxyl groups excluding tert-OH is 1. The molecular weight excluding hydrogens is 249 g/mol. The summed E-state index contributed by atoms with van der Waals surface area (Å²) in [5, 5.41) is 13.1. The van der Waals surface area contributed by atoms with Crippen molar-refractivity contribution in [3.05, 3.63) is 33.8 Å². The Morgan fingerprint density at radius 1 is 1.38 bits per heavy atom. The minimum absolute atomic E-state index is 0.0597. The van der Waals surface area contributed by atoms with Gasteiger partial charge in [0.1, 0.15) is 6.23 Å². The smallest absolute Gasteiger partial charge is 0.134 e. The molecule has 0 spiro atoms. The maximum absolute atomic E-state index is 8.82. The third-order valence-electron chi connectivity index (χ3n) is 2.56. The van der Waals surface area contributed by atoms with E-state index in [2.05, 4.69) is 5.32 Å². The van der Waals surface area contributed by atoms with E-state index in [9.17, 15) is 0 Å². The van der Waals surface area contributed by atoms with Gasteiger partial charge in [-0.1, -0.05) is 29.3 Å². The molecule has 88 valence electrons. The number of ether oxygens (including phenoxy) is 1. The van der Waals surface area contributed by atoms with Crippen LogP contribution in [0, 0.1) is 0 Å². The molecule has 2 N–H and O–H groups in total. The highest BCUT2D eigenvalue weighted by molar-refractivity contribution is 6.42. The number of nitrogens with one attached hydrogen (secondary N) is 1. The third-order valence-corrected chi connectivity index (χ3v) is 3.30. The van der Waals surface area contributed by atoms with Crippen LogP contribution in [0.1, 0.15) is 18.2 Å². The first-order valence-corrected chi connectivity index (χ1v) is 5.91. The van der Waals surface area contributed by atoms with Gasteiger partial charge in [-0.25, -0.2) is 0 Å². The van der Waals surface area contributed by atoms with Gasteiger partial charge < -0.3 is 9.84 Å². The Morgan fingerprint density at radius 2 is 2.19 bits per heavy atom. The summed E-state index contributed by atoms with van der Waals surface area (Å²) in [5.74, 6) is 0. The van der Waals surface area contributed by atoms with Gasteiger partial charge in [0.05, 0.1) is 16.1 Å². The van der Waals surface area contributed by atoms with Gasteiger partial charge in [-0.3, -0.25) is 5.32 Å². The number of hydrogen-bond acceptors (Lipinski definition) is 3. The summed E-state index contributed by atoms with van der Waals surface area (Å²) in [4.78, 5) is 0. The summed E-state index contributed by atoms with van der Waals surface area (Å²) in [6.07, 6.45) is 0.543. The molecule has 5 heteroatoms. The Hall–Kier alpha value is -0.320. The van der Waals surface area contributed by atoms with Gasteiger partial charge >= 0.3 is 0 Å². The molecule has 1 aromatic rings. The average molecular weight is 262 g/mol. The summed E-state index contributed by atoms with van der Waals surface area (Å²) in [6.45, 7) is 0.881. The molecule has 0 saturated carbocycles. The Morgan fingerprint density at radius 3 is 2.88 bits per heavy atom. The maximum atomic E-state index is 8.82. The van der Waals surface area contributed by atoms with Crippen molar-refractivity contribution in [1.29, 1.82) is 0 Å². The van der Waals surface area contributed by atoms with Crippen LogP contribution < -0.4 is 5.32 Å². The minimum Gasteiger partial charge on any atom is -0.396 e. The second-order valence-electron chi connectivity index (χ2n) is 3.73. The van der Waals surface area contributed by atoms with Crippen molar-refractivity contribution in [1.82, 2.24) is 5.32 Å². The highest BCUT2D eigenvalue weighted by Crippen LogP contribution is 2.28. The van der Waals surface area contributed by atoms with Gasteiger partial charge in [0, 0.05) is 13.2 Å². The molecule has 0 amide bonds. The molecule has 1 heterocycles. The minimum atomic E-state index is -0.161. The van der Waals surface area contributed by atoms with Crippen LogP contribution in [0.3, 0.4) is 0 Å². The molecule has 0 bridgehead atoms. The van der Waals surface area contributed by atoms with Crippen LogP contribution in [0.5, 0.6) is 0 Å². The SMILES string of the molecule is OCC[C@@H]1CNC(c2ccc(Cl)c(Cl)c2)O1. The average Bonchev–Trinajstić information content (AvgIpc) is 2.71. The lowest BCUT2D eigenvalue weighted by molar-refractivity contribution is 0.0282. The molecule has 2 atom stereocenters. The molecule has 1 aliphatic rings. The topological polar surface area (TPSA) is 41.5 Å². The van der Waals surface area contributed by atoms with Crippen LogP contribution in [-0.4, -0.2) is 24.4 Å². The van der Waals surface area contributed by atoms with Gasteiger partial charge in [0.15, 0.2) is 0 Å². The first kappa shape index (κ1) is 12.1. The summed E-state index contributed by atoms with van der Waals surface area (Å²) in [5.41, 5.74) is 0.954. The molecule has 1 fully saturated rings. The van der Waals surface area contributed by atoms with Crippen LogP contribution in [0.25, 0.3) is 0 Å². The molecule has 0 radical (unpaired) electrons. The molecule has 1 saturated heterocycles. The summed E-state index contributed by atoms with van der Waals surface area (Å²) in [6, 6.07) is 5.43. The lowest BCUT2D eigenvalue weighted by Gasteiger charge is -2.13. The van der Waals surface area contributed by atoms with Crippen LogP contribution in [0.4, 0.5) is 0 Å². The molecule has 2 rings (SSSR count). The normalized spacial score (nSPS) is 24.9. The molecular formula is C11H13Cl2NO2. The Balaban J connectivity index is 2.05. The quantitative estimate of drug-likeness (QED) is 0.878.